The van der Waals surface area contributed by atoms with Gasteiger partial charge >= 0.3 is 51.4 Å². The second-order valence-electron chi connectivity index (χ2n) is 6.74. The molecule has 1 atom stereocenters. The van der Waals surface area contributed by atoms with Gasteiger partial charge in [0.15, 0.2) is 0 Å². The summed E-state index contributed by atoms with van der Waals surface area (Å²) in [5.41, 5.74) is 1.76. The predicted molar refractivity (Wildman–Crippen MR) is 106 cm³/mol. The van der Waals surface area contributed by atoms with E-state index in [-0.39, 0.29) is 79.1 Å². The molecule has 0 bridgehead atoms. The molecular weight excluding hydrogens is 391 g/mol. The molecular formula is C20H35KO5S. The number of hydrogen-bond acceptors (Lipinski definition) is 4. The van der Waals surface area contributed by atoms with Crippen LogP contribution in [0.5, 0.6) is 0 Å². The van der Waals surface area contributed by atoms with Gasteiger partial charge in [0.05, 0.1) is 13.2 Å². The van der Waals surface area contributed by atoms with Crippen molar-refractivity contribution in [3.8, 4) is 0 Å². The SMILES string of the molecule is CCCCCCCCCc1ccc(C(CCOCCO)S(=O)(=O)O)cc1.[H-].[K+]. The summed E-state index contributed by atoms with van der Waals surface area (Å²) in [5, 5.41) is 7.70. The monoisotopic (exact) mass is 426 g/mol. The summed E-state index contributed by atoms with van der Waals surface area (Å²) in [6.07, 6.45) is 10.0. The molecule has 27 heavy (non-hydrogen) atoms. The molecule has 0 spiro atoms. The minimum atomic E-state index is -4.19. The van der Waals surface area contributed by atoms with Gasteiger partial charge in [-0.15, -0.1) is 0 Å². The second kappa shape index (κ2) is 16.5. The van der Waals surface area contributed by atoms with Gasteiger partial charge in [-0.3, -0.25) is 4.55 Å². The van der Waals surface area contributed by atoms with E-state index in [1.54, 1.807) is 12.1 Å². The fourth-order valence-corrected chi connectivity index (χ4v) is 3.92. The van der Waals surface area contributed by atoms with Gasteiger partial charge in [0.25, 0.3) is 10.1 Å². The molecule has 0 radical (unpaired) electrons. The van der Waals surface area contributed by atoms with Crippen molar-refractivity contribution < 1.29 is 75.6 Å². The normalized spacial score (nSPS) is 12.6. The molecule has 0 aliphatic carbocycles. The first-order chi connectivity index (χ1) is 12.5. The zero-order valence-corrected chi connectivity index (χ0v) is 20.8. The van der Waals surface area contributed by atoms with Gasteiger partial charge in [0, 0.05) is 6.61 Å². The standard InChI is InChI=1S/C20H34O5S.K.H/c1-2-3-4-5-6-7-8-9-18-10-12-19(13-11-18)20(26(22,23)24)14-16-25-17-15-21;;/h10-13,20-21H,2-9,14-17H2,1H3,(H,22,23,24);;/q;+1;-1. The van der Waals surface area contributed by atoms with Crippen molar-refractivity contribution in [2.45, 2.75) is 70.0 Å². The first-order valence-corrected chi connectivity index (χ1v) is 11.2. The Hall–Kier alpha value is 0.686. The molecule has 0 aliphatic rings. The van der Waals surface area contributed by atoms with Crippen LogP contribution in [0.1, 0.15) is 76.1 Å². The van der Waals surface area contributed by atoms with Gasteiger partial charge in [-0.2, -0.15) is 8.42 Å². The number of ether oxygens (including phenoxy) is 1. The predicted octanol–water partition coefficient (Wildman–Crippen LogP) is 1.42. The third-order valence-corrected chi connectivity index (χ3v) is 5.77. The number of aliphatic hydroxyl groups excluding tert-OH is 1. The van der Waals surface area contributed by atoms with Crippen molar-refractivity contribution >= 4 is 10.1 Å². The molecule has 0 saturated heterocycles. The summed E-state index contributed by atoms with van der Waals surface area (Å²) in [6.45, 7) is 2.45. The van der Waals surface area contributed by atoms with Gasteiger partial charge in [-0.25, -0.2) is 0 Å². The Labute approximate surface area is 208 Å². The first kappa shape index (κ1) is 27.7. The average molecular weight is 427 g/mol. The van der Waals surface area contributed by atoms with Gasteiger partial charge < -0.3 is 11.3 Å². The Bertz CT molecular complexity index is 581. The molecule has 1 aromatic carbocycles. The van der Waals surface area contributed by atoms with Gasteiger partial charge in [-0.1, -0.05) is 69.7 Å². The van der Waals surface area contributed by atoms with Gasteiger partial charge in [-0.05, 0) is 30.4 Å². The third-order valence-electron chi connectivity index (χ3n) is 4.54. The van der Waals surface area contributed by atoms with Crippen LogP contribution < -0.4 is 51.4 Å². The molecule has 0 saturated carbocycles. The van der Waals surface area contributed by atoms with E-state index < -0.39 is 15.4 Å². The van der Waals surface area contributed by atoms with E-state index >= 15 is 0 Å². The Morgan fingerprint density at radius 1 is 1.00 bits per heavy atom. The molecule has 5 nitrogen and oxygen atoms in total. The average Bonchev–Trinajstić information content (AvgIpc) is 2.61. The quantitative estimate of drug-likeness (QED) is 0.252. The van der Waals surface area contributed by atoms with Crippen LogP contribution in [-0.4, -0.2) is 37.9 Å². The molecule has 0 heterocycles. The Morgan fingerprint density at radius 2 is 1.59 bits per heavy atom. The van der Waals surface area contributed by atoms with E-state index in [9.17, 15) is 13.0 Å². The fraction of sp³-hybridized carbons (Fsp3) is 0.700. The summed E-state index contributed by atoms with van der Waals surface area (Å²) >= 11 is 0. The second-order valence-corrected chi connectivity index (χ2v) is 8.34. The molecule has 0 aliphatic heterocycles. The van der Waals surface area contributed by atoms with Crippen LogP contribution in [0, 0.1) is 0 Å². The van der Waals surface area contributed by atoms with Gasteiger partial charge in [0.2, 0.25) is 0 Å². The summed E-state index contributed by atoms with van der Waals surface area (Å²) in [7, 11) is -4.19. The van der Waals surface area contributed by atoms with E-state index in [0.717, 1.165) is 12.8 Å². The van der Waals surface area contributed by atoms with Gasteiger partial charge in [0.1, 0.15) is 5.25 Å². The first-order valence-electron chi connectivity index (χ1n) is 9.72. The van der Waals surface area contributed by atoms with E-state index in [4.69, 9.17) is 9.84 Å². The molecule has 1 unspecified atom stereocenters. The molecule has 0 amide bonds. The van der Waals surface area contributed by atoms with Crippen LogP contribution in [0.2, 0.25) is 0 Å². The number of unbranched alkanes of at least 4 members (excludes halogenated alkanes) is 6. The Morgan fingerprint density at radius 3 is 2.15 bits per heavy atom. The maximum atomic E-state index is 11.7. The van der Waals surface area contributed by atoms with Crippen molar-refractivity contribution in [3.63, 3.8) is 0 Å². The van der Waals surface area contributed by atoms with E-state index in [1.165, 1.54) is 44.1 Å². The fourth-order valence-electron chi connectivity index (χ4n) is 3.03. The van der Waals surface area contributed by atoms with Crippen LogP contribution in [0.15, 0.2) is 24.3 Å². The molecule has 2 N–H and O–H groups in total. The van der Waals surface area contributed by atoms with Crippen molar-refractivity contribution in [1.29, 1.82) is 0 Å². The minimum Gasteiger partial charge on any atom is -1.00 e. The van der Waals surface area contributed by atoms with Crippen LogP contribution in [-0.2, 0) is 21.3 Å². The zero-order valence-electron chi connectivity index (χ0n) is 17.9. The number of hydrogen-bond donors (Lipinski definition) is 2. The summed E-state index contributed by atoms with van der Waals surface area (Å²) < 4.78 is 37.9. The number of aliphatic hydroxyl groups is 1. The topological polar surface area (TPSA) is 83.8 Å². The molecule has 152 valence electrons. The number of aryl methyl sites for hydroxylation is 1. The maximum absolute atomic E-state index is 11.7. The van der Waals surface area contributed by atoms with Crippen molar-refractivity contribution in [2.75, 3.05) is 19.8 Å². The van der Waals surface area contributed by atoms with E-state index in [0.29, 0.717) is 5.56 Å². The Kier molecular flexibility index (Phi) is 16.9. The molecule has 1 rings (SSSR count). The van der Waals surface area contributed by atoms with E-state index in [2.05, 4.69) is 6.92 Å². The summed E-state index contributed by atoms with van der Waals surface area (Å²) in [6, 6.07) is 7.44. The number of rotatable bonds is 15. The summed E-state index contributed by atoms with van der Waals surface area (Å²) in [4.78, 5) is 0. The van der Waals surface area contributed by atoms with Crippen LogP contribution >= 0.6 is 0 Å². The van der Waals surface area contributed by atoms with E-state index in [1.807, 2.05) is 12.1 Å². The minimum absolute atomic E-state index is 0. The largest absolute Gasteiger partial charge is 1.00 e. The molecule has 1 aromatic rings. The molecule has 7 heteroatoms. The van der Waals surface area contributed by atoms with Crippen LogP contribution in [0.3, 0.4) is 0 Å². The third kappa shape index (κ3) is 12.8. The van der Waals surface area contributed by atoms with Crippen LogP contribution in [0.25, 0.3) is 0 Å². The molecule has 0 fully saturated rings. The summed E-state index contributed by atoms with van der Waals surface area (Å²) in [5.74, 6) is 0. The van der Waals surface area contributed by atoms with Crippen molar-refractivity contribution in [2.24, 2.45) is 0 Å². The maximum Gasteiger partial charge on any atom is 1.00 e. The number of benzene rings is 1. The molecule has 0 aromatic heterocycles. The van der Waals surface area contributed by atoms with Crippen molar-refractivity contribution in [1.82, 2.24) is 0 Å². The zero-order chi connectivity index (χ0) is 19.3. The smallest absolute Gasteiger partial charge is 1.00 e. The van der Waals surface area contributed by atoms with Crippen molar-refractivity contribution in [3.05, 3.63) is 35.4 Å². The van der Waals surface area contributed by atoms with Crippen LogP contribution in [0.4, 0.5) is 0 Å². The Balaban J connectivity index is 0.